The SMILES string of the molecule is O=C(O)c1ccc(-c2cccc(-c3ccc4c(c3)C(=O)OC4=O)c2)cc1C(=O)O. The van der Waals surface area contributed by atoms with Crippen LogP contribution in [0.5, 0.6) is 0 Å². The summed E-state index contributed by atoms with van der Waals surface area (Å²) in [7, 11) is 0. The van der Waals surface area contributed by atoms with Gasteiger partial charge in [-0.1, -0.05) is 30.3 Å². The molecule has 2 N–H and O–H groups in total. The van der Waals surface area contributed by atoms with Gasteiger partial charge in [0.15, 0.2) is 0 Å². The highest BCUT2D eigenvalue weighted by atomic mass is 16.6. The first-order chi connectivity index (χ1) is 13.8. The number of rotatable bonds is 4. The molecule has 0 saturated carbocycles. The first-order valence-corrected chi connectivity index (χ1v) is 8.47. The van der Waals surface area contributed by atoms with Crippen LogP contribution in [0.3, 0.4) is 0 Å². The van der Waals surface area contributed by atoms with Crippen LogP contribution >= 0.6 is 0 Å². The van der Waals surface area contributed by atoms with Crippen molar-refractivity contribution in [2.75, 3.05) is 0 Å². The molecule has 142 valence electrons. The molecule has 0 unspecified atom stereocenters. The Balaban J connectivity index is 1.78. The molecule has 0 saturated heterocycles. The number of cyclic esters (lactones) is 2. The van der Waals surface area contributed by atoms with Crippen LogP contribution in [0.1, 0.15) is 41.4 Å². The molecule has 1 aliphatic heterocycles. The maximum atomic E-state index is 11.8. The molecule has 0 amide bonds. The number of carboxylic acids is 2. The van der Waals surface area contributed by atoms with Crippen LogP contribution in [0, 0.1) is 0 Å². The van der Waals surface area contributed by atoms with Gasteiger partial charge < -0.3 is 14.9 Å². The Morgan fingerprint density at radius 1 is 0.621 bits per heavy atom. The van der Waals surface area contributed by atoms with Crippen molar-refractivity contribution in [3.8, 4) is 22.3 Å². The summed E-state index contributed by atoms with van der Waals surface area (Å²) in [6.45, 7) is 0. The first kappa shape index (κ1) is 18.1. The Labute approximate surface area is 163 Å². The minimum atomic E-state index is -1.33. The molecular formula is C22H12O7. The number of fused-ring (bicyclic) bond motifs is 1. The Bertz CT molecular complexity index is 1220. The summed E-state index contributed by atoms with van der Waals surface area (Å²) in [5, 5.41) is 18.5. The Kier molecular flexibility index (Phi) is 4.20. The van der Waals surface area contributed by atoms with Gasteiger partial charge in [-0.15, -0.1) is 0 Å². The van der Waals surface area contributed by atoms with Crippen LogP contribution in [-0.2, 0) is 4.74 Å². The molecule has 3 aromatic carbocycles. The van der Waals surface area contributed by atoms with Gasteiger partial charge in [-0.3, -0.25) is 0 Å². The monoisotopic (exact) mass is 388 g/mol. The lowest BCUT2D eigenvalue weighted by Gasteiger charge is -2.09. The summed E-state index contributed by atoms with van der Waals surface area (Å²) in [4.78, 5) is 46.0. The number of esters is 2. The average Bonchev–Trinajstić information content (AvgIpc) is 3.00. The van der Waals surface area contributed by atoms with E-state index in [0.29, 0.717) is 16.7 Å². The standard InChI is InChI=1S/C22H12O7/c23-19(24)15-6-4-13(9-17(15)20(25)26)11-2-1-3-12(8-11)14-5-7-16-18(10-14)22(28)29-21(16)27/h1-10H,(H,23,24)(H,25,26). The average molecular weight is 388 g/mol. The van der Waals surface area contributed by atoms with Crippen molar-refractivity contribution in [1.82, 2.24) is 0 Å². The third-order valence-electron chi connectivity index (χ3n) is 4.65. The lowest BCUT2D eigenvalue weighted by Crippen LogP contribution is -2.07. The van der Waals surface area contributed by atoms with Gasteiger partial charge in [-0.25, -0.2) is 19.2 Å². The van der Waals surface area contributed by atoms with Crippen LogP contribution in [0.4, 0.5) is 0 Å². The summed E-state index contributed by atoms with van der Waals surface area (Å²) in [5.74, 6) is -4.02. The highest BCUT2D eigenvalue weighted by molar-refractivity contribution is 6.15. The zero-order chi connectivity index (χ0) is 20.7. The number of benzene rings is 3. The second-order valence-electron chi connectivity index (χ2n) is 6.39. The predicted molar refractivity (Wildman–Crippen MR) is 101 cm³/mol. The van der Waals surface area contributed by atoms with Gasteiger partial charge >= 0.3 is 23.9 Å². The summed E-state index contributed by atoms with van der Waals surface area (Å²) in [6, 6.07) is 16.0. The number of hydrogen-bond acceptors (Lipinski definition) is 5. The van der Waals surface area contributed by atoms with E-state index >= 15 is 0 Å². The van der Waals surface area contributed by atoms with Gasteiger partial charge in [0.25, 0.3) is 0 Å². The largest absolute Gasteiger partial charge is 0.478 e. The quantitative estimate of drug-likeness (QED) is 0.516. The summed E-state index contributed by atoms with van der Waals surface area (Å²) < 4.78 is 4.60. The molecule has 4 rings (SSSR count). The predicted octanol–water partition coefficient (Wildman–Crippen LogP) is 3.73. The normalized spacial score (nSPS) is 12.4. The molecule has 3 aromatic rings. The molecule has 0 radical (unpaired) electrons. The highest BCUT2D eigenvalue weighted by Gasteiger charge is 2.29. The minimum Gasteiger partial charge on any atom is -0.478 e. The van der Waals surface area contributed by atoms with E-state index in [0.717, 1.165) is 5.56 Å². The van der Waals surface area contributed by atoms with Gasteiger partial charge in [0.1, 0.15) is 0 Å². The zero-order valence-corrected chi connectivity index (χ0v) is 14.7. The van der Waals surface area contributed by atoms with Crippen molar-refractivity contribution in [1.29, 1.82) is 0 Å². The van der Waals surface area contributed by atoms with Gasteiger partial charge in [-0.2, -0.15) is 0 Å². The Morgan fingerprint density at radius 2 is 1.17 bits per heavy atom. The smallest absolute Gasteiger partial charge is 0.346 e. The van der Waals surface area contributed by atoms with Crippen LogP contribution in [0.25, 0.3) is 22.3 Å². The Hall–Kier alpha value is -4.26. The number of carboxylic acid groups (broad SMARTS) is 2. The fraction of sp³-hybridized carbons (Fsp3) is 0. The molecule has 0 atom stereocenters. The molecule has 1 aliphatic rings. The second kappa shape index (κ2) is 6.72. The van der Waals surface area contributed by atoms with Crippen molar-refractivity contribution < 1.29 is 34.1 Å². The highest BCUT2D eigenvalue weighted by Crippen LogP contribution is 2.31. The van der Waals surface area contributed by atoms with Gasteiger partial charge in [-0.05, 0) is 52.6 Å². The second-order valence-corrected chi connectivity index (χ2v) is 6.39. The van der Waals surface area contributed by atoms with Gasteiger partial charge in [0.2, 0.25) is 0 Å². The van der Waals surface area contributed by atoms with E-state index in [1.165, 1.54) is 24.3 Å². The topological polar surface area (TPSA) is 118 Å². The summed E-state index contributed by atoms with van der Waals surface area (Å²) in [6.07, 6.45) is 0. The van der Waals surface area contributed by atoms with E-state index in [4.69, 9.17) is 5.11 Å². The molecule has 0 spiro atoms. The lowest BCUT2D eigenvalue weighted by molar-refractivity contribution is 0.0442. The molecule has 0 fully saturated rings. The molecule has 29 heavy (non-hydrogen) atoms. The number of carbonyl (C=O) groups excluding carboxylic acids is 2. The van der Waals surface area contributed by atoms with E-state index in [9.17, 15) is 24.3 Å². The van der Waals surface area contributed by atoms with Crippen LogP contribution < -0.4 is 0 Å². The fourth-order valence-electron chi connectivity index (χ4n) is 3.23. The molecule has 1 heterocycles. The number of aromatic carboxylic acids is 2. The molecule has 0 bridgehead atoms. The van der Waals surface area contributed by atoms with Crippen molar-refractivity contribution in [2.45, 2.75) is 0 Å². The molecular weight excluding hydrogens is 376 g/mol. The van der Waals surface area contributed by atoms with E-state index in [1.54, 1.807) is 36.4 Å². The minimum absolute atomic E-state index is 0.192. The van der Waals surface area contributed by atoms with Crippen molar-refractivity contribution >= 4 is 23.9 Å². The van der Waals surface area contributed by atoms with Gasteiger partial charge in [0, 0.05) is 0 Å². The van der Waals surface area contributed by atoms with Crippen LogP contribution in [-0.4, -0.2) is 34.1 Å². The zero-order valence-electron chi connectivity index (χ0n) is 14.7. The molecule has 0 aliphatic carbocycles. The molecule has 7 nitrogen and oxygen atoms in total. The summed E-state index contributed by atoms with van der Waals surface area (Å²) >= 11 is 0. The number of hydrogen-bond donors (Lipinski definition) is 2. The van der Waals surface area contributed by atoms with E-state index < -0.39 is 23.9 Å². The van der Waals surface area contributed by atoms with E-state index in [2.05, 4.69) is 4.74 Å². The van der Waals surface area contributed by atoms with Gasteiger partial charge in [0.05, 0.1) is 22.3 Å². The fourth-order valence-corrected chi connectivity index (χ4v) is 3.23. The summed E-state index contributed by atoms with van der Waals surface area (Å²) in [5.41, 5.74) is 2.42. The molecule has 7 heteroatoms. The third-order valence-corrected chi connectivity index (χ3v) is 4.65. The number of ether oxygens (including phenoxy) is 1. The first-order valence-electron chi connectivity index (χ1n) is 8.47. The van der Waals surface area contributed by atoms with Crippen LogP contribution in [0.15, 0.2) is 60.7 Å². The van der Waals surface area contributed by atoms with E-state index in [1.807, 2.05) is 0 Å². The van der Waals surface area contributed by atoms with Crippen LogP contribution in [0.2, 0.25) is 0 Å². The Morgan fingerprint density at radius 3 is 1.83 bits per heavy atom. The van der Waals surface area contributed by atoms with Crippen molar-refractivity contribution in [3.63, 3.8) is 0 Å². The van der Waals surface area contributed by atoms with Crippen molar-refractivity contribution in [3.05, 3.63) is 82.9 Å². The molecule has 0 aromatic heterocycles. The van der Waals surface area contributed by atoms with E-state index in [-0.39, 0.29) is 22.3 Å². The lowest BCUT2D eigenvalue weighted by atomic mass is 9.95. The number of carbonyl (C=O) groups is 4. The van der Waals surface area contributed by atoms with Crippen molar-refractivity contribution in [2.24, 2.45) is 0 Å². The maximum Gasteiger partial charge on any atom is 0.346 e. The maximum absolute atomic E-state index is 11.8. The third kappa shape index (κ3) is 3.14.